The minimum atomic E-state index is 0.212. The molecular weight excluding hydrogens is 322 g/mol. The summed E-state index contributed by atoms with van der Waals surface area (Å²) in [5.74, 6) is 2.05. The third-order valence-corrected chi connectivity index (χ3v) is 4.69. The zero-order chi connectivity index (χ0) is 18.2. The molecule has 1 aromatic heterocycles. The Morgan fingerprint density at radius 3 is 2.19 bits per heavy atom. The van der Waals surface area contributed by atoms with Crippen LogP contribution in [0.25, 0.3) is 0 Å². The van der Waals surface area contributed by atoms with Crippen molar-refractivity contribution < 1.29 is 4.74 Å². The quantitative estimate of drug-likeness (QED) is 0.793. The maximum Gasteiger partial charge on any atom is 0.128 e. The van der Waals surface area contributed by atoms with Gasteiger partial charge < -0.3 is 15.0 Å². The zero-order valence-electron chi connectivity index (χ0n) is 16.1. The van der Waals surface area contributed by atoms with Crippen LogP contribution in [0.15, 0.2) is 42.6 Å². The molecule has 26 heavy (non-hydrogen) atoms. The fourth-order valence-corrected chi connectivity index (χ4v) is 3.32. The molecule has 1 fully saturated rings. The molecule has 0 amide bonds. The second kappa shape index (κ2) is 9.58. The number of hydrogen-bond donors (Lipinski definition) is 1. The number of nitrogens with one attached hydrogen (secondary N) is 1. The van der Waals surface area contributed by atoms with Gasteiger partial charge in [0.25, 0.3) is 0 Å². The van der Waals surface area contributed by atoms with E-state index in [4.69, 9.17) is 4.74 Å². The second-order valence-electron chi connectivity index (χ2n) is 7.34. The summed E-state index contributed by atoms with van der Waals surface area (Å²) in [7, 11) is 0. The van der Waals surface area contributed by atoms with Gasteiger partial charge in [-0.15, -0.1) is 0 Å². The lowest BCUT2D eigenvalue weighted by atomic mass is 10.2. The second-order valence-corrected chi connectivity index (χ2v) is 7.34. The van der Waals surface area contributed by atoms with Crippen molar-refractivity contribution in [1.29, 1.82) is 0 Å². The molecule has 0 atom stereocenters. The van der Waals surface area contributed by atoms with E-state index in [1.807, 2.05) is 32.2 Å². The van der Waals surface area contributed by atoms with Crippen LogP contribution in [0.3, 0.4) is 0 Å². The van der Waals surface area contributed by atoms with E-state index in [2.05, 4.69) is 39.5 Å². The number of aromatic nitrogens is 1. The molecular formula is C22H31N3O. The first-order chi connectivity index (χ1) is 12.7. The molecule has 4 heteroatoms. The number of pyridine rings is 1. The van der Waals surface area contributed by atoms with Crippen LogP contribution in [0.1, 0.15) is 50.7 Å². The predicted octanol–water partition coefficient (Wildman–Crippen LogP) is 4.54. The van der Waals surface area contributed by atoms with E-state index in [9.17, 15) is 0 Å². The summed E-state index contributed by atoms with van der Waals surface area (Å²) in [4.78, 5) is 7.10. The minimum absolute atomic E-state index is 0.212. The normalized spacial score (nSPS) is 15.1. The van der Waals surface area contributed by atoms with Crippen molar-refractivity contribution in [3.63, 3.8) is 0 Å². The van der Waals surface area contributed by atoms with Crippen molar-refractivity contribution in [3.8, 4) is 5.75 Å². The van der Waals surface area contributed by atoms with Crippen LogP contribution < -0.4 is 15.0 Å². The molecule has 1 N–H and O–H groups in total. The summed E-state index contributed by atoms with van der Waals surface area (Å²) >= 11 is 0. The Morgan fingerprint density at radius 2 is 1.58 bits per heavy atom. The van der Waals surface area contributed by atoms with Crippen LogP contribution >= 0.6 is 0 Å². The van der Waals surface area contributed by atoms with Gasteiger partial charge in [0.2, 0.25) is 0 Å². The van der Waals surface area contributed by atoms with Crippen molar-refractivity contribution in [3.05, 3.63) is 53.7 Å². The van der Waals surface area contributed by atoms with Gasteiger partial charge in [-0.25, -0.2) is 4.98 Å². The predicted molar refractivity (Wildman–Crippen MR) is 108 cm³/mol. The SMILES string of the molecule is CC(C)Oc1ccc(CNCc2ccc(N3CCCCCC3)nc2)cc1. The van der Waals surface area contributed by atoms with E-state index >= 15 is 0 Å². The minimum Gasteiger partial charge on any atom is -0.491 e. The number of hydrogen-bond acceptors (Lipinski definition) is 4. The molecule has 0 unspecified atom stereocenters. The molecule has 0 saturated carbocycles. The van der Waals surface area contributed by atoms with Crippen molar-refractivity contribution >= 4 is 5.82 Å². The van der Waals surface area contributed by atoms with Gasteiger partial charge in [0, 0.05) is 32.4 Å². The van der Waals surface area contributed by atoms with Crippen LogP contribution in [0, 0.1) is 0 Å². The summed E-state index contributed by atoms with van der Waals surface area (Å²) in [6.07, 6.45) is 7.49. The van der Waals surface area contributed by atoms with Crippen molar-refractivity contribution in [2.24, 2.45) is 0 Å². The topological polar surface area (TPSA) is 37.4 Å². The highest BCUT2D eigenvalue weighted by atomic mass is 16.5. The largest absolute Gasteiger partial charge is 0.491 e. The van der Waals surface area contributed by atoms with Gasteiger partial charge in [0.15, 0.2) is 0 Å². The summed E-state index contributed by atoms with van der Waals surface area (Å²) in [5.41, 5.74) is 2.48. The smallest absolute Gasteiger partial charge is 0.128 e. The van der Waals surface area contributed by atoms with Gasteiger partial charge in [-0.05, 0) is 56.0 Å². The van der Waals surface area contributed by atoms with Crippen molar-refractivity contribution in [1.82, 2.24) is 10.3 Å². The highest BCUT2D eigenvalue weighted by Crippen LogP contribution is 2.17. The van der Waals surface area contributed by atoms with Crippen molar-refractivity contribution in [2.75, 3.05) is 18.0 Å². The third-order valence-electron chi connectivity index (χ3n) is 4.69. The Hall–Kier alpha value is -2.07. The lowest BCUT2D eigenvalue weighted by Crippen LogP contribution is -2.24. The summed E-state index contributed by atoms with van der Waals surface area (Å²) in [6.45, 7) is 8.04. The molecule has 1 aromatic carbocycles. The van der Waals surface area contributed by atoms with Gasteiger partial charge in [-0.1, -0.05) is 31.0 Å². The lowest BCUT2D eigenvalue weighted by Gasteiger charge is -2.21. The highest BCUT2D eigenvalue weighted by molar-refractivity contribution is 5.39. The fourth-order valence-electron chi connectivity index (χ4n) is 3.32. The van der Waals surface area contributed by atoms with Gasteiger partial charge in [0.05, 0.1) is 6.10 Å². The van der Waals surface area contributed by atoms with Gasteiger partial charge in [-0.2, -0.15) is 0 Å². The standard InChI is InChI=1S/C22H31N3O/c1-18(2)26-21-10-7-19(8-11-21)15-23-16-20-9-12-22(24-17-20)25-13-5-3-4-6-14-25/h7-12,17-18,23H,3-6,13-16H2,1-2H3. The summed E-state index contributed by atoms with van der Waals surface area (Å²) in [5, 5.41) is 3.49. The molecule has 2 aromatic rings. The number of ether oxygens (including phenoxy) is 1. The molecule has 0 radical (unpaired) electrons. The average Bonchev–Trinajstić information content (AvgIpc) is 2.93. The Morgan fingerprint density at radius 1 is 0.923 bits per heavy atom. The number of rotatable bonds is 7. The van der Waals surface area contributed by atoms with E-state index in [0.29, 0.717) is 0 Å². The van der Waals surface area contributed by atoms with Gasteiger partial charge >= 0.3 is 0 Å². The van der Waals surface area contributed by atoms with Crippen molar-refractivity contribution in [2.45, 2.75) is 58.7 Å². The van der Waals surface area contributed by atoms with E-state index in [-0.39, 0.29) is 6.10 Å². The number of anilines is 1. The van der Waals surface area contributed by atoms with Gasteiger partial charge in [0.1, 0.15) is 11.6 Å². The molecule has 0 spiro atoms. The maximum absolute atomic E-state index is 5.68. The molecule has 1 aliphatic rings. The summed E-state index contributed by atoms with van der Waals surface area (Å²) in [6, 6.07) is 12.7. The van der Waals surface area contributed by atoms with E-state index in [1.54, 1.807) is 0 Å². The molecule has 0 bridgehead atoms. The van der Waals surface area contributed by atoms with Crippen LogP contribution in [0.2, 0.25) is 0 Å². The molecule has 1 saturated heterocycles. The molecule has 0 aliphatic carbocycles. The first-order valence-corrected chi connectivity index (χ1v) is 9.87. The molecule has 140 valence electrons. The molecule has 3 rings (SSSR count). The fraction of sp³-hybridized carbons (Fsp3) is 0.500. The monoisotopic (exact) mass is 353 g/mol. The lowest BCUT2D eigenvalue weighted by molar-refractivity contribution is 0.242. The highest BCUT2D eigenvalue weighted by Gasteiger charge is 2.10. The summed E-state index contributed by atoms with van der Waals surface area (Å²) < 4.78 is 5.68. The third kappa shape index (κ3) is 5.73. The first kappa shape index (κ1) is 18.7. The Kier molecular flexibility index (Phi) is 6.89. The average molecular weight is 354 g/mol. The first-order valence-electron chi connectivity index (χ1n) is 9.87. The molecule has 1 aliphatic heterocycles. The van der Waals surface area contributed by atoms with Gasteiger partial charge in [-0.3, -0.25) is 0 Å². The van der Waals surface area contributed by atoms with Crippen LogP contribution in [-0.4, -0.2) is 24.2 Å². The van der Waals surface area contributed by atoms with Crippen LogP contribution in [-0.2, 0) is 13.1 Å². The Labute approximate surface area is 157 Å². The zero-order valence-corrected chi connectivity index (χ0v) is 16.1. The number of nitrogens with zero attached hydrogens (tertiary/aromatic N) is 2. The van der Waals surface area contributed by atoms with E-state index < -0.39 is 0 Å². The number of benzene rings is 1. The Bertz CT molecular complexity index is 644. The molecule has 4 nitrogen and oxygen atoms in total. The van der Waals surface area contributed by atoms with Crippen LogP contribution in [0.5, 0.6) is 5.75 Å². The molecule has 2 heterocycles. The van der Waals surface area contributed by atoms with E-state index in [1.165, 1.54) is 36.8 Å². The Balaban J connectivity index is 1.46. The van der Waals surface area contributed by atoms with Crippen LogP contribution in [0.4, 0.5) is 5.82 Å². The maximum atomic E-state index is 5.68. The van der Waals surface area contributed by atoms with E-state index in [0.717, 1.165) is 37.7 Å².